The summed E-state index contributed by atoms with van der Waals surface area (Å²) in [5, 5.41) is 5.96. The fourth-order valence-corrected chi connectivity index (χ4v) is 3.10. The van der Waals surface area contributed by atoms with Gasteiger partial charge >= 0.3 is 0 Å². The van der Waals surface area contributed by atoms with Crippen LogP contribution >= 0.6 is 0 Å². The summed E-state index contributed by atoms with van der Waals surface area (Å²) in [6.07, 6.45) is 0.821. The average Bonchev–Trinajstić information content (AvgIpc) is 2.53. The van der Waals surface area contributed by atoms with Crippen LogP contribution < -0.4 is 10.6 Å². The van der Waals surface area contributed by atoms with Crippen molar-refractivity contribution in [2.45, 2.75) is 18.2 Å². The Morgan fingerprint density at radius 3 is 2.61 bits per heavy atom. The molecule has 8 heteroatoms. The highest BCUT2D eigenvalue weighted by molar-refractivity contribution is 7.91. The van der Waals surface area contributed by atoms with Crippen molar-refractivity contribution < 1.29 is 17.5 Å². The Hall–Kier alpha value is -1.67. The van der Waals surface area contributed by atoms with Crippen molar-refractivity contribution in [1.82, 2.24) is 10.6 Å². The minimum Gasteiger partial charge on any atom is -0.382 e. The summed E-state index contributed by atoms with van der Waals surface area (Å²) >= 11 is 0. The Labute approximate surface area is 137 Å². The molecule has 1 aromatic rings. The van der Waals surface area contributed by atoms with Crippen LogP contribution in [0.15, 0.2) is 34.2 Å². The molecule has 0 saturated heterocycles. The molecule has 0 radical (unpaired) electrons. The van der Waals surface area contributed by atoms with Gasteiger partial charge in [0.05, 0.1) is 5.75 Å². The maximum atomic E-state index is 13.6. The van der Waals surface area contributed by atoms with Crippen LogP contribution in [-0.4, -0.2) is 53.5 Å². The van der Waals surface area contributed by atoms with Crippen LogP contribution in [-0.2, 0) is 14.6 Å². The second-order valence-corrected chi connectivity index (χ2v) is 6.80. The van der Waals surface area contributed by atoms with E-state index >= 15 is 0 Å². The summed E-state index contributed by atoms with van der Waals surface area (Å²) in [6.45, 7) is 4.08. The van der Waals surface area contributed by atoms with E-state index in [2.05, 4.69) is 15.6 Å². The van der Waals surface area contributed by atoms with E-state index in [-0.39, 0.29) is 17.2 Å². The molecule has 0 saturated carbocycles. The summed E-state index contributed by atoms with van der Waals surface area (Å²) in [5.41, 5.74) is 0. The molecule has 23 heavy (non-hydrogen) atoms. The number of rotatable bonds is 9. The predicted octanol–water partition coefficient (Wildman–Crippen LogP) is 1.19. The molecule has 0 aliphatic heterocycles. The molecule has 1 rings (SSSR count). The summed E-state index contributed by atoms with van der Waals surface area (Å²) in [7, 11) is -2.07. The van der Waals surface area contributed by atoms with E-state index in [9.17, 15) is 12.8 Å². The van der Waals surface area contributed by atoms with Gasteiger partial charge in [0.15, 0.2) is 15.8 Å². The number of hydrogen-bond acceptors (Lipinski definition) is 4. The fourth-order valence-electron chi connectivity index (χ4n) is 1.86. The van der Waals surface area contributed by atoms with Gasteiger partial charge in [-0.05, 0) is 25.5 Å². The van der Waals surface area contributed by atoms with Gasteiger partial charge in [-0.25, -0.2) is 12.8 Å². The topological polar surface area (TPSA) is 79.8 Å². The first kappa shape index (κ1) is 19.4. The van der Waals surface area contributed by atoms with Crippen molar-refractivity contribution in [1.29, 1.82) is 0 Å². The number of halogens is 1. The van der Waals surface area contributed by atoms with E-state index in [4.69, 9.17) is 4.74 Å². The predicted molar refractivity (Wildman–Crippen MR) is 88.9 cm³/mol. The third kappa shape index (κ3) is 6.96. The first-order valence-corrected chi connectivity index (χ1v) is 9.16. The molecule has 2 N–H and O–H groups in total. The molecule has 0 aliphatic rings. The van der Waals surface area contributed by atoms with Crippen molar-refractivity contribution >= 4 is 15.8 Å². The van der Waals surface area contributed by atoms with Gasteiger partial charge < -0.3 is 15.4 Å². The van der Waals surface area contributed by atoms with E-state index < -0.39 is 15.7 Å². The summed E-state index contributed by atoms with van der Waals surface area (Å²) in [6, 6.07) is 5.37. The van der Waals surface area contributed by atoms with Gasteiger partial charge in [-0.15, -0.1) is 0 Å². The van der Waals surface area contributed by atoms with Crippen LogP contribution in [0.3, 0.4) is 0 Å². The van der Waals surface area contributed by atoms with Gasteiger partial charge in [0.25, 0.3) is 0 Å². The number of nitrogens with one attached hydrogen (secondary N) is 2. The Morgan fingerprint density at radius 2 is 1.96 bits per heavy atom. The zero-order valence-electron chi connectivity index (χ0n) is 13.5. The number of nitrogens with zero attached hydrogens (tertiary/aromatic N) is 1. The quantitative estimate of drug-likeness (QED) is 0.399. The fraction of sp³-hybridized carbons (Fsp3) is 0.533. The smallest absolute Gasteiger partial charge is 0.191 e. The molecule has 0 aromatic heterocycles. The van der Waals surface area contributed by atoms with Crippen LogP contribution in [0.2, 0.25) is 0 Å². The average molecular weight is 345 g/mol. The highest BCUT2D eigenvalue weighted by Crippen LogP contribution is 2.14. The normalized spacial score (nSPS) is 12.2. The van der Waals surface area contributed by atoms with Crippen LogP contribution in [0.1, 0.15) is 13.3 Å². The summed E-state index contributed by atoms with van der Waals surface area (Å²) < 4.78 is 43.0. The molecule has 0 atom stereocenters. The zero-order valence-corrected chi connectivity index (χ0v) is 14.3. The lowest BCUT2D eigenvalue weighted by molar-refractivity contribution is 0.145. The Bertz CT molecular complexity index is 606. The minimum absolute atomic E-state index is 0.141. The van der Waals surface area contributed by atoms with Crippen LogP contribution in [0.25, 0.3) is 0 Å². The Morgan fingerprint density at radius 1 is 1.26 bits per heavy atom. The first-order chi connectivity index (χ1) is 11.0. The van der Waals surface area contributed by atoms with Gasteiger partial charge in [0.1, 0.15) is 10.7 Å². The standard InChI is InChI=1S/C15H24FN3O3S/c1-3-22-11-6-9-18-15(17-2)19-10-12-23(20,21)14-8-5-4-7-13(14)16/h4-5,7-8H,3,6,9-12H2,1-2H3,(H2,17,18,19). The molecule has 0 aliphatic carbocycles. The number of hydrogen-bond donors (Lipinski definition) is 2. The monoisotopic (exact) mass is 345 g/mol. The lowest BCUT2D eigenvalue weighted by Gasteiger charge is -2.12. The van der Waals surface area contributed by atoms with Crippen molar-refractivity contribution in [2.24, 2.45) is 4.99 Å². The number of benzene rings is 1. The lowest BCUT2D eigenvalue weighted by Crippen LogP contribution is -2.40. The lowest BCUT2D eigenvalue weighted by atomic mass is 10.3. The number of ether oxygens (including phenoxy) is 1. The van der Waals surface area contributed by atoms with E-state index in [1.54, 1.807) is 7.05 Å². The second kappa shape index (κ2) is 10.2. The maximum Gasteiger partial charge on any atom is 0.191 e. The SMILES string of the molecule is CCOCCCNC(=NC)NCCS(=O)(=O)c1ccccc1F. The molecule has 0 bridgehead atoms. The number of guanidine groups is 1. The highest BCUT2D eigenvalue weighted by atomic mass is 32.2. The van der Waals surface area contributed by atoms with E-state index in [1.807, 2.05) is 6.92 Å². The molecule has 0 spiro atoms. The molecule has 0 amide bonds. The van der Waals surface area contributed by atoms with E-state index in [0.29, 0.717) is 25.7 Å². The van der Waals surface area contributed by atoms with Crippen LogP contribution in [0.4, 0.5) is 4.39 Å². The number of aliphatic imine (C=N–C) groups is 1. The first-order valence-electron chi connectivity index (χ1n) is 7.50. The van der Waals surface area contributed by atoms with Gasteiger partial charge in [-0.1, -0.05) is 12.1 Å². The van der Waals surface area contributed by atoms with Crippen LogP contribution in [0.5, 0.6) is 0 Å². The minimum atomic E-state index is -3.67. The molecular weight excluding hydrogens is 321 g/mol. The van der Waals surface area contributed by atoms with Crippen LogP contribution in [0, 0.1) is 5.82 Å². The molecule has 1 aromatic carbocycles. The summed E-state index contributed by atoms with van der Waals surface area (Å²) in [4.78, 5) is 3.72. The van der Waals surface area contributed by atoms with Crippen molar-refractivity contribution in [3.8, 4) is 0 Å². The van der Waals surface area contributed by atoms with E-state index in [0.717, 1.165) is 12.5 Å². The largest absolute Gasteiger partial charge is 0.382 e. The molecule has 6 nitrogen and oxygen atoms in total. The highest BCUT2D eigenvalue weighted by Gasteiger charge is 2.18. The molecular formula is C15H24FN3O3S. The van der Waals surface area contributed by atoms with Gasteiger partial charge in [-0.2, -0.15) is 0 Å². The molecule has 0 unspecified atom stereocenters. The third-order valence-corrected chi connectivity index (χ3v) is 4.76. The zero-order chi connectivity index (χ0) is 17.1. The third-order valence-electron chi connectivity index (χ3n) is 3.02. The maximum absolute atomic E-state index is 13.6. The molecule has 0 heterocycles. The molecule has 130 valence electrons. The van der Waals surface area contributed by atoms with E-state index in [1.165, 1.54) is 18.2 Å². The van der Waals surface area contributed by atoms with Gasteiger partial charge in [0.2, 0.25) is 0 Å². The van der Waals surface area contributed by atoms with Gasteiger partial charge in [-0.3, -0.25) is 4.99 Å². The summed E-state index contributed by atoms with van der Waals surface area (Å²) in [5.74, 6) is -0.440. The van der Waals surface area contributed by atoms with Crippen molar-refractivity contribution in [3.05, 3.63) is 30.1 Å². The number of sulfone groups is 1. The van der Waals surface area contributed by atoms with Crippen molar-refractivity contribution in [3.63, 3.8) is 0 Å². The molecule has 0 fully saturated rings. The Kier molecular flexibility index (Phi) is 8.57. The Balaban J connectivity index is 2.41. The second-order valence-electron chi connectivity index (χ2n) is 4.73. The van der Waals surface area contributed by atoms with Crippen molar-refractivity contribution in [2.75, 3.05) is 39.1 Å². The van der Waals surface area contributed by atoms with Gasteiger partial charge in [0, 0.05) is 33.4 Å².